The van der Waals surface area contributed by atoms with Crippen LogP contribution in [0.15, 0.2) is 56.2 Å². The first kappa shape index (κ1) is 26.7. The molecule has 1 N–H and O–H groups in total. The standard InChI is InChI=1S/C28H31NO7S/c1-6-37-10-9-35-28(33)22-16(4)29-19-12-15(3)21(27(32)34-5)26(31)24(19)23(22)18-13-36-20-8-7-14(2)11-17(20)25(18)30/h7-8,11,13,15,21,23,29H,6,9-10,12H2,1-5H3/t15-,21+,23-/m0/s1. The summed E-state index contributed by atoms with van der Waals surface area (Å²) in [5.74, 6) is -2.64. The lowest BCUT2D eigenvalue weighted by atomic mass is 9.69. The van der Waals surface area contributed by atoms with Gasteiger partial charge in [0.1, 0.15) is 18.1 Å². The molecule has 0 bridgehead atoms. The molecule has 2 aromatic rings. The van der Waals surface area contributed by atoms with Gasteiger partial charge in [0.25, 0.3) is 0 Å². The largest absolute Gasteiger partial charge is 0.468 e. The van der Waals surface area contributed by atoms with E-state index < -0.39 is 29.6 Å². The minimum Gasteiger partial charge on any atom is -0.468 e. The average molecular weight is 526 g/mol. The van der Waals surface area contributed by atoms with E-state index in [2.05, 4.69) is 5.32 Å². The molecule has 0 unspecified atom stereocenters. The fourth-order valence-corrected chi connectivity index (χ4v) is 5.63. The Hall–Kier alpha value is -3.33. The smallest absolute Gasteiger partial charge is 0.336 e. The second-order valence-electron chi connectivity index (χ2n) is 9.39. The molecule has 1 aliphatic heterocycles. The quantitative estimate of drug-likeness (QED) is 0.325. The zero-order valence-electron chi connectivity index (χ0n) is 21.6. The molecule has 8 nitrogen and oxygen atoms in total. The molecule has 196 valence electrons. The zero-order chi connectivity index (χ0) is 26.9. The highest BCUT2D eigenvalue weighted by Gasteiger charge is 2.48. The molecule has 0 saturated heterocycles. The number of esters is 2. The SMILES string of the molecule is CCSCCOC(=O)C1=C(C)NC2=C(C(=O)[C@H](C(=O)OC)[C@@H](C)C2)[C@H]1c1coc2ccc(C)cc2c1=O. The van der Waals surface area contributed by atoms with E-state index in [-0.39, 0.29) is 34.7 Å². The Morgan fingerprint density at radius 3 is 2.68 bits per heavy atom. The van der Waals surface area contributed by atoms with Gasteiger partial charge in [-0.15, -0.1) is 0 Å². The molecular formula is C28H31NO7S. The number of ether oxygens (including phenoxy) is 2. The first-order valence-corrected chi connectivity index (χ1v) is 13.4. The summed E-state index contributed by atoms with van der Waals surface area (Å²) in [7, 11) is 1.24. The fraction of sp³-hybridized carbons (Fsp3) is 0.429. The summed E-state index contributed by atoms with van der Waals surface area (Å²) >= 11 is 1.64. The first-order chi connectivity index (χ1) is 17.7. The van der Waals surface area contributed by atoms with Gasteiger partial charge in [-0.2, -0.15) is 11.8 Å². The predicted molar refractivity (Wildman–Crippen MR) is 141 cm³/mol. The lowest BCUT2D eigenvalue weighted by Gasteiger charge is -2.37. The van der Waals surface area contributed by atoms with E-state index in [1.807, 2.05) is 19.9 Å². The lowest BCUT2D eigenvalue weighted by molar-refractivity contribution is -0.151. The number of rotatable bonds is 7. The Balaban J connectivity index is 1.90. The third kappa shape index (κ3) is 4.97. The minimum atomic E-state index is -1.05. The summed E-state index contributed by atoms with van der Waals surface area (Å²) in [5.41, 5.74) is 2.52. The molecule has 0 spiro atoms. The van der Waals surface area contributed by atoms with Crippen LogP contribution in [0.25, 0.3) is 11.0 Å². The van der Waals surface area contributed by atoms with E-state index in [4.69, 9.17) is 13.9 Å². The first-order valence-electron chi connectivity index (χ1n) is 12.3. The Morgan fingerprint density at radius 1 is 1.22 bits per heavy atom. The van der Waals surface area contributed by atoms with Gasteiger partial charge < -0.3 is 19.2 Å². The molecule has 2 aliphatic rings. The number of Topliss-reactive ketones (excluding diaryl/α,β-unsaturated/α-hetero) is 1. The van der Waals surface area contributed by atoms with Gasteiger partial charge in [0.2, 0.25) is 0 Å². The van der Waals surface area contributed by atoms with Crippen LogP contribution in [0.1, 0.15) is 44.2 Å². The van der Waals surface area contributed by atoms with Gasteiger partial charge in [-0.1, -0.05) is 25.5 Å². The normalized spacial score (nSPS) is 21.5. The van der Waals surface area contributed by atoms with Crippen molar-refractivity contribution in [2.75, 3.05) is 25.2 Å². The molecule has 9 heteroatoms. The second kappa shape index (κ2) is 11.0. The van der Waals surface area contributed by atoms with Crippen LogP contribution in [0, 0.1) is 18.8 Å². The van der Waals surface area contributed by atoms with E-state index in [1.165, 1.54) is 13.4 Å². The molecule has 4 rings (SSSR count). The topological polar surface area (TPSA) is 112 Å². The van der Waals surface area contributed by atoms with Crippen LogP contribution in [0.4, 0.5) is 0 Å². The number of aryl methyl sites for hydroxylation is 1. The summed E-state index contributed by atoms with van der Waals surface area (Å²) in [5, 5.41) is 3.55. The van der Waals surface area contributed by atoms with Crippen molar-refractivity contribution in [2.24, 2.45) is 11.8 Å². The van der Waals surface area contributed by atoms with E-state index in [1.54, 1.807) is 37.7 Å². The van der Waals surface area contributed by atoms with Gasteiger partial charge in [0.05, 0.1) is 30.3 Å². The van der Waals surface area contributed by atoms with Crippen LogP contribution in [0.2, 0.25) is 0 Å². The lowest BCUT2D eigenvalue weighted by Crippen LogP contribution is -2.44. The Labute approximate surface area is 219 Å². The van der Waals surface area contributed by atoms with Crippen molar-refractivity contribution in [3.63, 3.8) is 0 Å². The number of hydrogen-bond acceptors (Lipinski definition) is 9. The maximum Gasteiger partial charge on any atom is 0.336 e. The number of thioether (sulfide) groups is 1. The summed E-state index contributed by atoms with van der Waals surface area (Å²) in [6, 6.07) is 5.27. The van der Waals surface area contributed by atoms with Gasteiger partial charge >= 0.3 is 11.9 Å². The molecule has 1 aromatic carbocycles. The van der Waals surface area contributed by atoms with Crippen molar-refractivity contribution in [3.05, 3.63) is 68.4 Å². The third-order valence-corrected chi connectivity index (χ3v) is 7.76. The van der Waals surface area contributed by atoms with Crippen molar-refractivity contribution >= 4 is 40.5 Å². The number of carbonyl (C=O) groups is 3. The number of hydrogen-bond donors (Lipinski definition) is 1. The number of allylic oxidation sites excluding steroid dienone is 3. The molecule has 0 amide bonds. The van der Waals surface area contributed by atoms with E-state index in [0.29, 0.717) is 34.5 Å². The summed E-state index contributed by atoms with van der Waals surface area (Å²) in [6.07, 6.45) is 1.69. The molecule has 2 heterocycles. The zero-order valence-corrected chi connectivity index (χ0v) is 22.5. The van der Waals surface area contributed by atoms with Gasteiger partial charge in [0, 0.05) is 28.3 Å². The predicted octanol–water partition coefficient (Wildman–Crippen LogP) is 4.01. The number of carbonyl (C=O) groups excluding carboxylic acids is 3. The second-order valence-corrected chi connectivity index (χ2v) is 10.8. The Morgan fingerprint density at radius 2 is 1.97 bits per heavy atom. The van der Waals surface area contributed by atoms with Crippen LogP contribution < -0.4 is 10.7 Å². The van der Waals surface area contributed by atoms with E-state index in [9.17, 15) is 19.2 Å². The Bertz CT molecular complexity index is 1390. The van der Waals surface area contributed by atoms with Gasteiger partial charge in [-0.3, -0.25) is 14.4 Å². The highest BCUT2D eigenvalue weighted by molar-refractivity contribution is 7.99. The number of methoxy groups -OCH3 is 1. The third-order valence-electron chi connectivity index (χ3n) is 6.89. The minimum absolute atomic E-state index is 0.146. The number of ketones is 1. The monoisotopic (exact) mass is 525 g/mol. The van der Waals surface area contributed by atoms with Crippen LogP contribution in [0.5, 0.6) is 0 Å². The van der Waals surface area contributed by atoms with Crippen molar-refractivity contribution < 1.29 is 28.3 Å². The number of dihydropyridines is 1. The number of nitrogens with one attached hydrogen (secondary N) is 1. The van der Waals surface area contributed by atoms with Crippen molar-refractivity contribution in [3.8, 4) is 0 Å². The Kier molecular flexibility index (Phi) is 7.92. The molecule has 1 aromatic heterocycles. The highest BCUT2D eigenvalue weighted by Crippen LogP contribution is 2.45. The van der Waals surface area contributed by atoms with Crippen LogP contribution in [-0.4, -0.2) is 42.9 Å². The van der Waals surface area contributed by atoms with Crippen molar-refractivity contribution in [1.82, 2.24) is 5.32 Å². The van der Waals surface area contributed by atoms with E-state index in [0.717, 1.165) is 11.3 Å². The fourth-order valence-electron chi connectivity index (χ4n) is 5.14. The number of fused-ring (bicyclic) bond motifs is 1. The molecule has 0 fully saturated rings. The average Bonchev–Trinajstić information content (AvgIpc) is 2.86. The van der Waals surface area contributed by atoms with Crippen LogP contribution >= 0.6 is 11.8 Å². The number of benzene rings is 1. The molecule has 37 heavy (non-hydrogen) atoms. The van der Waals surface area contributed by atoms with Crippen molar-refractivity contribution in [1.29, 1.82) is 0 Å². The van der Waals surface area contributed by atoms with Crippen molar-refractivity contribution in [2.45, 2.75) is 40.0 Å². The molecular weight excluding hydrogens is 494 g/mol. The van der Waals surface area contributed by atoms with E-state index >= 15 is 0 Å². The molecule has 3 atom stereocenters. The van der Waals surface area contributed by atoms with Gasteiger partial charge in [0.15, 0.2) is 11.2 Å². The summed E-state index contributed by atoms with van der Waals surface area (Å²) in [4.78, 5) is 53.6. The molecule has 0 radical (unpaired) electrons. The summed E-state index contributed by atoms with van der Waals surface area (Å²) in [6.45, 7) is 7.60. The molecule has 0 saturated carbocycles. The van der Waals surface area contributed by atoms with Gasteiger partial charge in [-0.05, 0) is 44.1 Å². The molecule has 1 aliphatic carbocycles. The highest BCUT2D eigenvalue weighted by atomic mass is 32.2. The van der Waals surface area contributed by atoms with Crippen LogP contribution in [0.3, 0.4) is 0 Å². The summed E-state index contributed by atoms with van der Waals surface area (Å²) < 4.78 is 16.3. The van der Waals surface area contributed by atoms with Crippen LogP contribution in [-0.2, 0) is 23.9 Å². The maximum atomic E-state index is 13.8. The maximum absolute atomic E-state index is 13.8. The van der Waals surface area contributed by atoms with Gasteiger partial charge in [-0.25, -0.2) is 4.79 Å².